The largest absolute Gasteiger partial charge is 0.457 e. The van der Waals surface area contributed by atoms with Crippen molar-refractivity contribution in [1.82, 2.24) is 10.8 Å². The summed E-state index contributed by atoms with van der Waals surface area (Å²) in [7, 11) is 0. The SMILES string of the molecule is C[C@@]1(c2ccc(Oc3ccc(Cl)cc3)cc2)C[C@H](C(=O)NO)NC1=O. The number of hydrogen-bond donors (Lipinski definition) is 3. The molecular weight excluding hydrogens is 344 g/mol. The highest BCUT2D eigenvalue weighted by Crippen LogP contribution is 2.35. The quantitative estimate of drug-likeness (QED) is 0.578. The number of nitrogens with one attached hydrogen (secondary N) is 2. The fourth-order valence-electron chi connectivity index (χ4n) is 2.88. The van der Waals surface area contributed by atoms with Crippen LogP contribution in [0, 0.1) is 0 Å². The number of ether oxygens (including phenoxy) is 1. The minimum Gasteiger partial charge on any atom is -0.457 e. The second kappa shape index (κ2) is 6.74. The van der Waals surface area contributed by atoms with Gasteiger partial charge in [0.1, 0.15) is 17.5 Å². The van der Waals surface area contributed by atoms with Crippen LogP contribution in [0.4, 0.5) is 0 Å². The van der Waals surface area contributed by atoms with Crippen LogP contribution < -0.4 is 15.5 Å². The smallest absolute Gasteiger partial charge is 0.265 e. The molecule has 25 heavy (non-hydrogen) atoms. The minimum atomic E-state index is -0.851. The van der Waals surface area contributed by atoms with Crippen LogP contribution in [0.2, 0.25) is 5.02 Å². The zero-order valence-electron chi connectivity index (χ0n) is 13.5. The number of halogens is 1. The third kappa shape index (κ3) is 3.45. The summed E-state index contributed by atoms with van der Waals surface area (Å²) >= 11 is 5.84. The van der Waals surface area contributed by atoms with Gasteiger partial charge in [-0.2, -0.15) is 0 Å². The molecule has 1 aliphatic rings. The van der Waals surface area contributed by atoms with Crippen molar-refractivity contribution in [1.29, 1.82) is 0 Å². The molecule has 7 heteroatoms. The first-order chi connectivity index (χ1) is 11.9. The lowest BCUT2D eigenvalue weighted by Crippen LogP contribution is -2.40. The van der Waals surface area contributed by atoms with Crippen LogP contribution in [0.25, 0.3) is 0 Å². The third-order valence-electron chi connectivity index (χ3n) is 4.39. The molecule has 2 amide bonds. The van der Waals surface area contributed by atoms with Crippen molar-refractivity contribution in [3.05, 3.63) is 59.1 Å². The average molecular weight is 361 g/mol. The molecule has 0 saturated carbocycles. The first-order valence-electron chi connectivity index (χ1n) is 7.71. The summed E-state index contributed by atoms with van der Waals surface area (Å²) in [5.41, 5.74) is 1.49. The van der Waals surface area contributed by atoms with Gasteiger partial charge in [0, 0.05) is 5.02 Å². The van der Waals surface area contributed by atoms with Crippen molar-refractivity contribution in [2.75, 3.05) is 0 Å². The molecule has 3 N–H and O–H groups in total. The Bertz CT molecular complexity index is 792. The number of hydrogen-bond acceptors (Lipinski definition) is 4. The normalized spacial score (nSPS) is 22.4. The van der Waals surface area contributed by atoms with Crippen molar-refractivity contribution < 1.29 is 19.5 Å². The lowest BCUT2D eigenvalue weighted by atomic mass is 9.80. The topological polar surface area (TPSA) is 87.7 Å². The Kier molecular flexibility index (Phi) is 4.65. The Balaban J connectivity index is 1.76. The van der Waals surface area contributed by atoms with Gasteiger partial charge in [-0.05, 0) is 55.3 Å². The molecule has 1 fully saturated rings. The van der Waals surface area contributed by atoms with E-state index in [-0.39, 0.29) is 12.3 Å². The fraction of sp³-hybridized carbons (Fsp3) is 0.222. The highest BCUT2D eigenvalue weighted by Gasteiger charge is 2.46. The number of rotatable bonds is 4. The van der Waals surface area contributed by atoms with E-state index in [1.165, 1.54) is 0 Å². The number of amides is 2. The molecule has 0 bridgehead atoms. The van der Waals surface area contributed by atoms with Crippen molar-refractivity contribution in [2.45, 2.75) is 24.8 Å². The molecule has 0 radical (unpaired) electrons. The first kappa shape index (κ1) is 17.3. The van der Waals surface area contributed by atoms with Crippen molar-refractivity contribution in [3.63, 3.8) is 0 Å². The second-order valence-electron chi connectivity index (χ2n) is 6.12. The van der Waals surface area contributed by atoms with Crippen molar-refractivity contribution in [3.8, 4) is 11.5 Å². The van der Waals surface area contributed by atoms with Gasteiger partial charge in [-0.25, -0.2) is 5.48 Å². The molecule has 6 nitrogen and oxygen atoms in total. The van der Waals surface area contributed by atoms with Crippen LogP contribution in [-0.2, 0) is 15.0 Å². The summed E-state index contributed by atoms with van der Waals surface area (Å²) in [5.74, 6) is 0.395. The van der Waals surface area contributed by atoms with Gasteiger partial charge in [-0.1, -0.05) is 23.7 Å². The molecule has 1 heterocycles. The summed E-state index contributed by atoms with van der Waals surface area (Å²) < 4.78 is 5.73. The molecule has 0 aromatic heterocycles. The van der Waals surface area contributed by atoms with Crippen molar-refractivity contribution >= 4 is 23.4 Å². The number of carbonyl (C=O) groups excluding carboxylic acids is 2. The lowest BCUT2D eigenvalue weighted by molar-refractivity contribution is -0.132. The van der Waals surface area contributed by atoms with Gasteiger partial charge in [-0.3, -0.25) is 14.8 Å². The molecule has 2 aromatic rings. The zero-order valence-corrected chi connectivity index (χ0v) is 14.2. The third-order valence-corrected chi connectivity index (χ3v) is 4.64. The Hall–Kier alpha value is -2.57. The highest BCUT2D eigenvalue weighted by atomic mass is 35.5. The summed E-state index contributed by atoms with van der Waals surface area (Å²) in [6.07, 6.45) is 0.260. The van der Waals surface area contributed by atoms with Crippen LogP contribution in [0.5, 0.6) is 11.5 Å². The Morgan fingerprint density at radius 2 is 1.76 bits per heavy atom. The monoisotopic (exact) mass is 360 g/mol. The van der Waals surface area contributed by atoms with E-state index in [2.05, 4.69) is 5.32 Å². The van der Waals surface area contributed by atoms with E-state index in [1.807, 2.05) is 0 Å². The summed E-state index contributed by atoms with van der Waals surface area (Å²) in [6.45, 7) is 1.77. The fourth-order valence-corrected chi connectivity index (χ4v) is 3.01. The molecule has 1 aliphatic heterocycles. The second-order valence-corrected chi connectivity index (χ2v) is 6.56. The molecule has 1 saturated heterocycles. The molecule has 3 rings (SSSR count). The Labute approximate surface area is 149 Å². The minimum absolute atomic E-state index is 0.257. The van der Waals surface area contributed by atoms with Crippen LogP contribution in [0.1, 0.15) is 18.9 Å². The van der Waals surface area contributed by atoms with Crippen LogP contribution in [-0.4, -0.2) is 23.1 Å². The van der Waals surface area contributed by atoms with E-state index in [4.69, 9.17) is 21.5 Å². The Morgan fingerprint density at radius 3 is 2.32 bits per heavy atom. The van der Waals surface area contributed by atoms with E-state index in [0.717, 1.165) is 5.56 Å². The summed E-state index contributed by atoms with van der Waals surface area (Å²) in [5, 5.41) is 12.0. The molecule has 0 spiro atoms. The van der Waals surface area contributed by atoms with Gasteiger partial charge in [0.2, 0.25) is 5.91 Å². The molecule has 130 valence electrons. The number of benzene rings is 2. The molecule has 2 atom stereocenters. The zero-order chi connectivity index (χ0) is 18.0. The maximum absolute atomic E-state index is 12.3. The predicted molar refractivity (Wildman–Crippen MR) is 91.8 cm³/mol. The van der Waals surface area contributed by atoms with Crippen LogP contribution in [0.3, 0.4) is 0 Å². The number of carbonyl (C=O) groups is 2. The standard InChI is InChI=1S/C18H17ClN2O4/c1-18(10-15(16(22)21-24)20-17(18)23)11-2-6-13(7-3-11)25-14-8-4-12(19)5-9-14/h2-9,15,24H,10H2,1H3,(H,20,23)(H,21,22)/t15-,18+/m1/s1. The van der Waals surface area contributed by atoms with Gasteiger partial charge in [0.25, 0.3) is 5.91 Å². The van der Waals surface area contributed by atoms with E-state index < -0.39 is 17.4 Å². The maximum Gasteiger partial charge on any atom is 0.265 e. The Morgan fingerprint density at radius 1 is 1.20 bits per heavy atom. The average Bonchev–Trinajstić information content (AvgIpc) is 2.93. The molecule has 0 unspecified atom stereocenters. The number of hydroxylamine groups is 1. The van der Waals surface area contributed by atoms with Crippen molar-refractivity contribution in [2.24, 2.45) is 0 Å². The van der Waals surface area contributed by atoms with Gasteiger partial charge in [-0.15, -0.1) is 0 Å². The summed E-state index contributed by atoms with van der Waals surface area (Å²) in [4.78, 5) is 23.9. The lowest BCUT2D eigenvalue weighted by Gasteiger charge is -2.21. The molecular formula is C18H17ClN2O4. The van der Waals surface area contributed by atoms with Gasteiger partial charge in [0.05, 0.1) is 5.41 Å². The van der Waals surface area contributed by atoms with Crippen LogP contribution >= 0.6 is 11.6 Å². The highest BCUT2D eigenvalue weighted by molar-refractivity contribution is 6.30. The first-order valence-corrected chi connectivity index (χ1v) is 8.09. The van der Waals surface area contributed by atoms with E-state index in [1.54, 1.807) is 60.9 Å². The van der Waals surface area contributed by atoms with E-state index in [0.29, 0.717) is 16.5 Å². The molecule has 2 aromatic carbocycles. The van der Waals surface area contributed by atoms with E-state index in [9.17, 15) is 9.59 Å². The predicted octanol–water partition coefficient (Wildman–Crippen LogP) is 2.78. The van der Waals surface area contributed by atoms with Gasteiger partial charge in [0.15, 0.2) is 0 Å². The molecule has 0 aliphatic carbocycles. The maximum atomic E-state index is 12.3. The summed E-state index contributed by atoms with van der Waals surface area (Å²) in [6, 6.07) is 13.4. The van der Waals surface area contributed by atoms with Crippen LogP contribution in [0.15, 0.2) is 48.5 Å². The van der Waals surface area contributed by atoms with Gasteiger partial charge >= 0.3 is 0 Å². The van der Waals surface area contributed by atoms with E-state index >= 15 is 0 Å². The van der Waals surface area contributed by atoms with Gasteiger partial charge < -0.3 is 10.1 Å².